The van der Waals surface area contributed by atoms with Gasteiger partial charge in [-0.3, -0.25) is 4.79 Å². The molecule has 0 saturated carbocycles. The minimum Gasteiger partial charge on any atom is -0.352 e. The van der Waals surface area contributed by atoms with Gasteiger partial charge in [0.2, 0.25) is 5.91 Å². The zero-order valence-electron chi connectivity index (χ0n) is 8.47. The summed E-state index contributed by atoms with van der Waals surface area (Å²) in [5.41, 5.74) is 0.400. The summed E-state index contributed by atoms with van der Waals surface area (Å²) in [6, 6.07) is 6.15. The highest BCUT2D eigenvalue weighted by Crippen LogP contribution is 2.06. The first-order valence-electron chi connectivity index (χ1n) is 4.72. The summed E-state index contributed by atoms with van der Waals surface area (Å²) in [4.78, 5) is 11.4. The summed E-state index contributed by atoms with van der Waals surface area (Å²) in [5.74, 6) is -0.220. The van der Waals surface area contributed by atoms with Crippen LogP contribution in [0.3, 0.4) is 0 Å². The van der Waals surface area contributed by atoms with E-state index in [4.69, 9.17) is 11.6 Å². The number of rotatable bonds is 4. The van der Waals surface area contributed by atoms with Crippen molar-refractivity contribution in [2.75, 3.05) is 5.88 Å². The Balaban J connectivity index is 2.55. The van der Waals surface area contributed by atoms with E-state index in [1.54, 1.807) is 25.1 Å². The van der Waals surface area contributed by atoms with E-state index in [-0.39, 0.29) is 24.2 Å². The molecule has 0 aliphatic rings. The first-order chi connectivity index (χ1) is 7.13. The molecule has 0 saturated heterocycles. The summed E-state index contributed by atoms with van der Waals surface area (Å²) in [5, 5.41) is 2.67. The lowest BCUT2D eigenvalue weighted by atomic mass is 10.1. The Kier molecular flexibility index (Phi) is 4.56. The highest BCUT2D eigenvalue weighted by molar-refractivity contribution is 6.18. The zero-order valence-corrected chi connectivity index (χ0v) is 9.22. The Morgan fingerprint density at radius 1 is 1.53 bits per heavy atom. The monoisotopic (exact) mass is 229 g/mol. The molecule has 0 fully saturated rings. The molecule has 82 valence electrons. The lowest BCUT2D eigenvalue weighted by Crippen LogP contribution is -2.34. The van der Waals surface area contributed by atoms with Crippen molar-refractivity contribution in [2.45, 2.75) is 19.4 Å². The molecule has 1 rings (SSSR count). The first-order valence-corrected chi connectivity index (χ1v) is 5.25. The Morgan fingerprint density at radius 2 is 2.20 bits per heavy atom. The Morgan fingerprint density at radius 3 is 2.80 bits per heavy atom. The second-order valence-electron chi connectivity index (χ2n) is 3.39. The second-order valence-corrected chi connectivity index (χ2v) is 3.70. The number of alkyl halides is 1. The fourth-order valence-electron chi connectivity index (χ4n) is 1.18. The summed E-state index contributed by atoms with van der Waals surface area (Å²) in [7, 11) is 0. The van der Waals surface area contributed by atoms with E-state index >= 15 is 0 Å². The van der Waals surface area contributed by atoms with Crippen molar-refractivity contribution in [1.82, 2.24) is 5.32 Å². The predicted octanol–water partition coefficient (Wildman–Crippen LogP) is 2.11. The van der Waals surface area contributed by atoms with E-state index in [2.05, 4.69) is 5.32 Å². The summed E-state index contributed by atoms with van der Waals surface area (Å²) < 4.78 is 13.2. The summed E-state index contributed by atoms with van der Waals surface area (Å²) in [6.07, 6.45) is 0.0495. The Hall–Kier alpha value is -1.09. The lowest BCUT2D eigenvalue weighted by Gasteiger charge is -2.10. The molecule has 1 atom stereocenters. The molecule has 0 radical (unpaired) electrons. The topological polar surface area (TPSA) is 29.1 Å². The Labute approximate surface area is 93.4 Å². The van der Waals surface area contributed by atoms with E-state index < -0.39 is 0 Å². The molecule has 1 amide bonds. The molecule has 0 spiro atoms. The van der Waals surface area contributed by atoms with Gasteiger partial charge in [0.25, 0.3) is 0 Å². The van der Waals surface area contributed by atoms with Crippen LogP contribution in [0, 0.1) is 5.82 Å². The minimum atomic E-state index is -0.355. The summed E-state index contributed by atoms with van der Waals surface area (Å²) >= 11 is 5.54. The number of nitrogens with one attached hydrogen (secondary N) is 1. The molecule has 15 heavy (non-hydrogen) atoms. The van der Waals surface area contributed by atoms with Crippen LogP contribution in [0.1, 0.15) is 12.5 Å². The van der Waals surface area contributed by atoms with Crippen LogP contribution in [0.2, 0.25) is 0 Å². The molecular weight excluding hydrogens is 217 g/mol. The SMILES string of the molecule is CC(CCl)NC(=O)Cc1ccccc1F. The average molecular weight is 230 g/mol. The van der Waals surface area contributed by atoms with Crippen LogP contribution in [0.4, 0.5) is 4.39 Å². The maximum absolute atomic E-state index is 13.2. The molecule has 0 heterocycles. The van der Waals surface area contributed by atoms with Crippen molar-refractivity contribution in [1.29, 1.82) is 0 Å². The molecule has 4 heteroatoms. The van der Waals surface area contributed by atoms with E-state index in [1.807, 2.05) is 0 Å². The van der Waals surface area contributed by atoms with Gasteiger partial charge in [-0.25, -0.2) is 4.39 Å². The molecule has 1 N–H and O–H groups in total. The smallest absolute Gasteiger partial charge is 0.224 e. The minimum absolute atomic E-state index is 0.0495. The average Bonchev–Trinajstić information content (AvgIpc) is 2.21. The first kappa shape index (κ1) is 12.0. The van der Waals surface area contributed by atoms with E-state index in [9.17, 15) is 9.18 Å². The number of carbonyl (C=O) groups is 1. The molecule has 1 unspecified atom stereocenters. The van der Waals surface area contributed by atoms with Crippen molar-refractivity contribution >= 4 is 17.5 Å². The highest BCUT2D eigenvalue weighted by Gasteiger charge is 2.09. The van der Waals surface area contributed by atoms with Gasteiger partial charge in [-0.15, -0.1) is 11.6 Å². The molecule has 0 aliphatic carbocycles. The van der Waals surface area contributed by atoms with Crippen LogP contribution >= 0.6 is 11.6 Å². The number of halogens is 2. The predicted molar refractivity (Wildman–Crippen MR) is 58.4 cm³/mol. The number of hydrogen-bond donors (Lipinski definition) is 1. The molecular formula is C11H13ClFNO. The van der Waals surface area contributed by atoms with Gasteiger partial charge in [-0.2, -0.15) is 0 Å². The van der Waals surface area contributed by atoms with Crippen LogP contribution < -0.4 is 5.32 Å². The van der Waals surface area contributed by atoms with E-state index in [0.29, 0.717) is 11.4 Å². The van der Waals surface area contributed by atoms with Gasteiger partial charge in [-0.1, -0.05) is 18.2 Å². The van der Waals surface area contributed by atoms with Crippen LogP contribution in [0.25, 0.3) is 0 Å². The van der Waals surface area contributed by atoms with Crippen molar-refractivity contribution in [3.8, 4) is 0 Å². The fourth-order valence-corrected chi connectivity index (χ4v) is 1.26. The van der Waals surface area contributed by atoms with Crippen LogP contribution in [0.5, 0.6) is 0 Å². The van der Waals surface area contributed by atoms with Crippen LogP contribution in [-0.4, -0.2) is 17.8 Å². The molecule has 2 nitrogen and oxygen atoms in total. The standard InChI is InChI=1S/C11H13ClFNO/c1-8(7-12)14-11(15)6-9-4-2-3-5-10(9)13/h2-5,8H,6-7H2,1H3,(H,14,15). The maximum Gasteiger partial charge on any atom is 0.224 e. The van der Waals surface area contributed by atoms with Crippen LogP contribution in [-0.2, 0) is 11.2 Å². The number of hydrogen-bond acceptors (Lipinski definition) is 1. The van der Waals surface area contributed by atoms with Gasteiger partial charge in [-0.05, 0) is 18.6 Å². The molecule has 0 aliphatic heterocycles. The number of carbonyl (C=O) groups excluding carboxylic acids is 1. The summed E-state index contributed by atoms with van der Waals surface area (Å²) in [6.45, 7) is 1.80. The highest BCUT2D eigenvalue weighted by atomic mass is 35.5. The fraction of sp³-hybridized carbons (Fsp3) is 0.364. The van der Waals surface area contributed by atoms with Gasteiger partial charge in [0.05, 0.1) is 6.42 Å². The van der Waals surface area contributed by atoms with E-state index in [0.717, 1.165) is 0 Å². The molecule has 0 aromatic heterocycles. The zero-order chi connectivity index (χ0) is 11.3. The largest absolute Gasteiger partial charge is 0.352 e. The van der Waals surface area contributed by atoms with Crippen molar-refractivity contribution in [2.24, 2.45) is 0 Å². The van der Waals surface area contributed by atoms with Crippen molar-refractivity contribution in [3.05, 3.63) is 35.6 Å². The normalized spacial score (nSPS) is 12.2. The van der Waals surface area contributed by atoms with Gasteiger partial charge in [0.15, 0.2) is 0 Å². The lowest BCUT2D eigenvalue weighted by molar-refractivity contribution is -0.120. The van der Waals surface area contributed by atoms with Crippen molar-refractivity contribution < 1.29 is 9.18 Å². The molecule has 1 aromatic rings. The van der Waals surface area contributed by atoms with Crippen LogP contribution in [0.15, 0.2) is 24.3 Å². The molecule has 1 aromatic carbocycles. The quantitative estimate of drug-likeness (QED) is 0.788. The number of benzene rings is 1. The number of amides is 1. The third-order valence-electron chi connectivity index (χ3n) is 1.95. The Bertz CT molecular complexity index is 343. The van der Waals surface area contributed by atoms with E-state index in [1.165, 1.54) is 6.07 Å². The van der Waals surface area contributed by atoms with Crippen molar-refractivity contribution in [3.63, 3.8) is 0 Å². The molecule has 0 bridgehead atoms. The third kappa shape index (κ3) is 3.88. The maximum atomic E-state index is 13.2. The van der Waals surface area contributed by atoms with Gasteiger partial charge in [0.1, 0.15) is 5.82 Å². The second kappa shape index (κ2) is 5.71. The van der Waals surface area contributed by atoms with Gasteiger partial charge in [0, 0.05) is 11.9 Å². The third-order valence-corrected chi connectivity index (χ3v) is 2.41. The van der Waals surface area contributed by atoms with Gasteiger partial charge < -0.3 is 5.32 Å². The van der Waals surface area contributed by atoms with Gasteiger partial charge >= 0.3 is 0 Å².